The first-order valence-corrected chi connectivity index (χ1v) is 12.9. The summed E-state index contributed by atoms with van der Waals surface area (Å²) in [5, 5.41) is 1.07. The summed E-state index contributed by atoms with van der Waals surface area (Å²) in [4.78, 5) is 15.8. The molecule has 2 unspecified atom stereocenters. The maximum atomic E-state index is 13.0. The molecule has 0 radical (unpaired) electrons. The maximum Gasteiger partial charge on any atom is 0.419 e. The normalized spacial score (nSPS) is 22.5. The summed E-state index contributed by atoms with van der Waals surface area (Å²) in [6.07, 6.45) is 7.61. The molecule has 35 heavy (non-hydrogen) atoms. The number of rotatable bonds is 4. The van der Waals surface area contributed by atoms with Crippen LogP contribution in [-0.2, 0) is 16.8 Å². The van der Waals surface area contributed by atoms with Crippen LogP contribution in [-0.4, -0.2) is 34.3 Å². The molecule has 5 rings (SSSR count). The van der Waals surface area contributed by atoms with Crippen LogP contribution in [0.15, 0.2) is 42.6 Å². The quantitative estimate of drug-likeness (QED) is 0.405. The number of carbonyl (C=O) groups excluding carboxylic acids is 1. The van der Waals surface area contributed by atoms with Crippen LogP contribution in [0.3, 0.4) is 0 Å². The molecule has 2 aliphatic heterocycles. The summed E-state index contributed by atoms with van der Waals surface area (Å²) in [5.74, 6) is 0.890. The number of fused-ring (bicyclic) bond motifs is 3. The summed E-state index contributed by atoms with van der Waals surface area (Å²) < 4.78 is 13.3. The lowest BCUT2D eigenvalue weighted by atomic mass is 9.81. The Bertz CT molecular complexity index is 1250. The molecule has 2 fully saturated rings. The summed E-state index contributed by atoms with van der Waals surface area (Å²) in [7, 11) is 1.75. The molecule has 2 atom stereocenters. The van der Waals surface area contributed by atoms with Gasteiger partial charge in [-0.3, -0.25) is 9.47 Å². The molecule has 0 N–H and O–H groups in total. The zero-order valence-electron chi connectivity index (χ0n) is 22.0. The van der Waals surface area contributed by atoms with Gasteiger partial charge in [-0.2, -0.15) is 0 Å². The fraction of sp³-hybridized carbons (Fsp3) is 0.500. The number of piperidine rings is 1. The Morgan fingerprint density at radius 1 is 1.09 bits per heavy atom. The zero-order chi connectivity index (χ0) is 25.0. The van der Waals surface area contributed by atoms with Crippen LogP contribution in [0.25, 0.3) is 10.9 Å². The average molecular weight is 475 g/mol. The minimum absolute atomic E-state index is 0.0621. The molecule has 3 aromatic rings. The lowest BCUT2D eigenvalue weighted by Crippen LogP contribution is -2.47. The predicted octanol–water partition coefficient (Wildman–Crippen LogP) is 7.09. The van der Waals surface area contributed by atoms with Crippen LogP contribution >= 0.6 is 0 Å². The second-order valence-electron chi connectivity index (χ2n) is 11.4. The SMILES string of the molecule is COc1cc(C)c2c(ccn2C(=O)OC(C)(C)C)c1CN1C2CCCC1(c1ccc(C)cc1)CC2. The number of ether oxygens (including phenoxy) is 2. The topological polar surface area (TPSA) is 43.7 Å². The molecule has 5 heteroatoms. The third kappa shape index (κ3) is 4.14. The Labute approximate surface area is 209 Å². The van der Waals surface area contributed by atoms with Crippen molar-refractivity contribution in [2.45, 2.75) is 90.4 Å². The van der Waals surface area contributed by atoms with Crippen LogP contribution in [0, 0.1) is 13.8 Å². The minimum Gasteiger partial charge on any atom is -0.496 e. The van der Waals surface area contributed by atoms with Crippen LogP contribution < -0.4 is 4.74 Å². The molecule has 2 aliphatic rings. The Morgan fingerprint density at radius 2 is 1.83 bits per heavy atom. The van der Waals surface area contributed by atoms with Gasteiger partial charge in [0.05, 0.1) is 12.6 Å². The Hall–Kier alpha value is -2.79. The van der Waals surface area contributed by atoms with E-state index in [1.807, 2.05) is 33.9 Å². The predicted molar refractivity (Wildman–Crippen MR) is 140 cm³/mol. The summed E-state index contributed by atoms with van der Waals surface area (Å²) in [5.41, 5.74) is 5.30. The lowest BCUT2D eigenvalue weighted by Gasteiger charge is -2.46. The van der Waals surface area contributed by atoms with Gasteiger partial charge in [0.2, 0.25) is 0 Å². The number of aromatic nitrogens is 1. The fourth-order valence-electron chi connectivity index (χ4n) is 6.39. The maximum absolute atomic E-state index is 13.0. The van der Waals surface area contributed by atoms with Crippen LogP contribution in [0.1, 0.15) is 75.1 Å². The van der Waals surface area contributed by atoms with Crippen molar-refractivity contribution < 1.29 is 14.3 Å². The first-order valence-electron chi connectivity index (χ1n) is 12.9. The van der Waals surface area contributed by atoms with E-state index in [4.69, 9.17) is 9.47 Å². The van der Waals surface area contributed by atoms with Crippen molar-refractivity contribution in [1.82, 2.24) is 9.47 Å². The fourth-order valence-corrected chi connectivity index (χ4v) is 6.39. The molecule has 5 nitrogen and oxygen atoms in total. The first-order chi connectivity index (χ1) is 16.6. The number of methoxy groups -OCH3 is 1. The Kier molecular flexibility index (Phi) is 5.95. The van der Waals surface area contributed by atoms with E-state index in [0.717, 1.165) is 34.3 Å². The zero-order valence-corrected chi connectivity index (χ0v) is 22.0. The van der Waals surface area contributed by atoms with Crippen molar-refractivity contribution in [2.24, 2.45) is 0 Å². The highest BCUT2D eigenvalue weighted by Gasteiger charge is 2.49. The van der Waals surface area contributed by atoms with Crippen LogP contribution in [0.5, 0.6) is 5.75 Å². The van der Waals surface area contributed by atoms with Crippen molar-refractivity contribution in [3.05, 3.63) is 64.8 Å². The van der Waals surface area contributed by atoms with Crippen LogP contribution in [0.4, 0.5) is 4.79 Å². The van der Waals surface area contributed by atoms with Crippen molar-refractivity contribution in [3.63, 3.8) is 0 Å². The molecule has 186 valence electrons. The number of benzene rings is 2. The van der Waals surface area contributed by atoms with Gasteiger partial charge in [0.25, 0.3) is 0 Å². The van der Waals surface area contributed by atoms with E-state index in [2.05, 4.69) is 48.2 Å². The molecule has 2 saturated heterocycles. The van der Waals surface area contributed by atoms with Gasteiger partial charge in [0.15, 0.2) is 0 Å². The molecule has 1 aromatic heterocycles. The van der Waals surface area contributed by atoms with E-state index in [1.54, 1.807) is 11.7 Å². The van der Waals surface area contributed by atoms with Gasteiger partial charge in [0, 0.05) is 35.3 Å². The standard InChI is InChI=1S/C30H38N2O3/c1-20-9-11-22(12-10-20)30-15-7-8-23(13-16-30)32(30)19-25-24-14-17-31(28(33)35-29(3,4)5)27(24)21(2)18-26(25)34-6/h9-12,14,17-18,23H,7-8,13,15-16,19H2,1-6H3. The molecule has 2 bridgehead atoms. The largest absolute Gasteiger partial charge is 0.496 e. The van der Waals surface area contributed by atoms with Crippen molar-refractivity contribution >= 4 is 17.0 Å². The van der Waals surface area contributed by atoms with Crippen molar-refractivity contribution in [3.8, 4) is 5.75 Å². The highest BCUT2D eigenvalue weighted by Crippen LogP contribution is 2.52. The second kappa shape index (κ2) is 8.70. The molecular weight excluding hydrogens is 436 g/mol. The van der Waals surface area contributed by atoms with E-state index in [-0.39, 0.29) is 11.6 Å². The summed E-state index contributed by atoms with van der Waals surface area (Å²) in [6.45, 7) is 10.7. The number of hydrogen-bond donors (Lipinski definition) is 0. The van der Waals surface area contributed by atoms with E-state index >= 15 is 0 Å². The van der Waals surface area contributed by atoms with Crippen LogP contribution in [0.2, 0.25) is 0 Å². The first kappa shape index (κ1) is 23.9. The van der Waals surface area contributed by atoms with Crippen molar-refractivity contribution in [2.75, 3.05) is 7.11 Å². The van der Waals surface area contributed by atoms with E-state index in [0.29, 0.717) is 6.04 Å². The van der Waals surface area contributed by atoms with E-state index < -0.39 is 5.60 Å². The molecule has 0 aliphatic carbocycles. The monoisotopic (exact) mass is 474 g/mol. The molecule has 0 saturated carbocycles. The molecule has 0 amide bonds. The van der Waals surface area contributed by atoms with E-state index in [1.165, 1.54) is 43.2 Å². The molecule has 0 spiro atoms. The van der Waals surface area contributed by atoms with Crippen molar-refractivity contribution in [1.29, 1.82) is 0 Å². The average Bonchev–Trinajstić information content (AvgIpc) is 3.32. The van der Waals surface area contributed by atoms with Gasteiger partial charge in [-0.1, -0.05) is 29.8 Å². The lowest BCUT2D eigenvalue weighted by molar-refractivity contribution is 0.0424. The number of hydrogen-bond acceptors (Lipinski definition) is 4. The second-order valence-corrected chi connectivity index (χ2v) is 11.4. The summed E-state index contributed by atoms with van der Waals surface area (Å²) in [6, 6.07) is 13.8. The number of nitrogens with zero attached hydrogens (tertiary/aromatic N) is 2. The third-order valence-corrected chi connectivity index (χ3v) is 7.97. The van der Waals surface area contributed by atoms with E-state index in [9.17, 15) is 4.79 Å². The highest BCUT2D eigenvalue weighted by atomic mass is 16.6. The number of aryl methyl sites for hydroxylation is 2. The molecular formula is C30H38N2O3. The smallest absolute Gasteiger partial charge is 0.419 e. The van der Waals surface area contributed by atoms with Gasteiger partial charge in [-0.25, -0.2) is 4.79 Å². The third-order valence-electron chi connectivity index (χ3n) is 7.97. The molecule has 3 heterocycles. The summed E-state index contributed by atoms with van der Waals surface area (Å²) >= 11 is 0. The number of carbonyl (C=O) groups is 1. The minimum atomic E-state index is -0.551. The van der Waals surface area contributed by atoms with Gasteiger partial charge in [-0.05, 0) is 90.0 Å². The highest BCUT2D eigenvalue weighted by molar-refractivity contribution is 5.95. The van der Waals surface area contributed by atoms with Gasteiger partial charge in [-0.15, -0.1) is 0 Å². The van der Waals surface area contributed by atoms with Gasteiger partial charge in [0.1, 0.15) is 11.4 Å². The Morgan fingerprint density at radius 3 is 2.51 bits per heavy atom. The Balaban J connectivity index is 1.59. The van der Waals surface area contributed by atoms with Gasteiger partial charge < -0.3 is 9.47 Å². The molecule has 2 aromatic carbocycles. The van der Waals surface area contributed by atoms with Gasteiger partial charge >= 0.3 is 6.09 Å².